The molecule has 112 valence electrons. The molecular formula is C15H11ClN2O3S. The summed E-state index contributed by atoms with van der Waals surface area (Å²) in [6, 6.07) is 8.24. The van der Waals surface area contributed by atoms with Crippen molar-refractivity contribution in [2.24, 2.45) is 5.73 Å². The third kappa shape index (κ3) is 2.40. The Balaban J connectivity index is 2.08. The van der Waals surface area contributed by atoms with Crippen molar-refractivity contribution in [1.29, 1.82) is 0 Å². The number of thiophene rings is 1. The predicted octanol–water partition coefficient (Wildman–Crippen LogP) is 2.20. The number of nitrogens with two attached hydrogens (primary N) is 1. The number of Topliss-reactive ketones (excluding diaryl/α,β-unsaturated/α-hetero) is 1. The molecule has 0 fully saturated rings. The summed E-state index contributed by atoms with van der Waals surface area (Å²) < 4.78 is 0. The Kier molecular flexibility index (Phi) is 3.72. The van der Waals surface area contributed by atoms with Crippen LogP contribution >= 0.6 is 22.9 Å². The molecule has 3 rings (SSSR count). The molecule has 7 heteroatoms. The minimum atomic E-state index is -0.980. The highest BCUT2D eigenvalue weighted by atomic mass is 35.5. The van der Waals surface area contributed by atoms with Gasteiger partial charge in [-0.1, -0.05) is 17.7 Å². The van der Waals surface area contributed by atoms with Crippen molar-refractivity contribution >= 4 is 46.2 Å². The highest BCUT2D eigenvalue weighted by Gasteiger charge is 2.42. The van der Waals surface area contributed by atoms with E-state index in [1.165, 1.54) is 16.2 Å². The lowest BCUT2D eigenvalue weighted by Gasteiger charge is -2.15. The SMILES string of the molecule is NC(=O)CN1C(=O)C(C(=O)c2cccs2)c2cc(Cl)ccc21. The molecule has 1 aliphatic heterocycles. The van der Waals surface area contributed by atoms with Crippen molar-refractivity contribution in [3.63, 3.8) is 0 Å². The molecule has 22 heavy (non-hydrogen) atoms. The quantitative estimate of drug-likeness (QED) is 0.687. The summed E-state index contributed by atoms with van der Waals surface area (Å²) in [6.07, 6.45) is 0. The Morgan fingerprint density at radius 2 is 2.09 bits per heavy atom. The normalized spacial score (nSPS) is 16.7. The number of benzene rings is 1. The van der Waals surface area contributed by atoms with E-state index in [0.717, 1.165) is 0 Å². The van der Waals surface area contributed by atoms with Gasteiger partial charge in [0.15, 0.2) is 5.78 Å². The summed E-state index contributed by atoms with van der Waals surface area (Å²) in [5, 5.41) is 2.20. The van der Waals surface area contributed by atoms with E-state index in [-0.39, 0.29) is 12.3 Å². The zero-order chi connectivity index (χ0) is 15.9. The second kappa shape index (κ2) is 5.55. The van der Waals surface area contributed by atoms with Crippen LogP contribution in [0.2, 0.25) is 5.02 Å². The monoisotopic (exact) mass is 334 g/mol. The van der Waals surface area contributed by atoms with Gasteiger partial charge in [0.1, 0.15) is 12.5 Å². The molecule has 0 spiro atoms. The molecule has 0 aliphatic carbocycles. The van der Waals surface area contributed by atoms with Crippen molar-refractivity contribution in [2.75, 3.05) is 11.4 Å². The van der Waals surface area contributed by atoms with Crippen molar-refractivity contribution in [2.45, 2.75) is 5.92 Å². The first-order chi connectivity index (χ1) is 10.5. The van der Waals surface area contributed by atoms with Crippen LogP contribution in [0.15, 0.2) is 35.7 Å². The summed E-state index contributed by atoms with van der Waals surface area (Å²) >= 11 is 7.26. The van der Waals surface area contributed by atoms with E-state index < -0.39 is 17.7 Å². The Morgan fingerprint density at radius 3 is 2.73 bits per heavy atom. The average molecular weight is 335 g/mol. The first kappa shape index (κ1) is 14.7. The molecule has 2 aromatic rings. The van der Waals surface area contributed by atoms with Crippen LogP contribution < -0.4 is 10.6 Å². The van der Waals surface area contributed by atoms with Crippen LogP contribution in [0.5, 0.6) is 0 Å². The van der Waals surface area contributed by atoms with Gasteiger partial charge in [0.05, 0.1) is 4.88 Å². The number of carbonyl (C=O) groups is 3. The van der Waals surface area contributed by atoms with Gasteiger partial charge in [-0.15, -0.1) is 11.3 Å². The fourth-order valence-corrected chi connectivity index (χ4v) is 3.42. The van der Waals surface area contributed by atoms with E-state index in [1.54, 1.807) is 35.7 Å². The maximum absolute atomic E-state index is 12.6. The standard InChI is InChI=1S/C15H11ClN2O3S/c16-8-3-4-10-9(6-8)13(14(20)11-2-1-5-22-11)15(21)18(10)7-12(17)19/h1-6,13H,7H2,(H2,17,19). The Morgan fingerprint density at radius 1 is 1.32 bits per heavy atom. The molecule has 2 amide bonds. The van der Waals surface area contributed by atoms with Gasteiger partial charge >= 0.3 is 0 Å². The Bertz CT molecular complexity index is 773. The van der Waals surface area contributed by atoms with Gasteiger partial charge in [-0.05, 0) is 35.2 Å². The smallest absolute Gasteiger partial charge is 0.243 e. The minimum Gasteiger partial charge on any atom is -0.368 e. The van der Waals surface area contributed by atoms with Crippen LogP contribution in [-0.4, -0.2) is 24.1 Å². The lowest BCUT2D eigenvalue weighted by atomic mass is 9.95. The Labute approximate surface area is 135 Å². The molecule has 1 aliphatic rings. The van der Waals surface area contributed by atoms with E-state index in [2.05, 4.69) is 0 Å². The fraction of sp³-hybridized carbons (Fsp3) is 0.133. The number of anilines is 1. The van der Waals surface area contributed by atoms with E-state index in [0.29, 0.717) is 21.2 Å². The van der Waals surface area contributed by atoms with Gasteiger partial charge in [-0.3, -0.25) is 14.4 Å². The highest BCUT2D eigenvalue weighted by Crippen LogP contribution is 2.40. The summed E-state index contributed by atoms with van der Waals surface area (Å²) in [5.41, 5.74) is 6.21. The van der Waals surface area contributed by atoms with Crippen LogP contribution in [-0.2, 0) is 9.59 Å². The molecule has 0 bridgehead atoms. The average Bonchev–Trinajstić information content (AvgIpc) is 3.06. The van der Waals surface area contributed by atoms with E-state index in [9.17, 15) is 14.4 Å². The number of halogens is 1. The molecule has 1 aromatic heterocycles. The summed E-state index contributed by atoms with van der Waals surface area (Å²) in [4.78, 5) is 38.2. The lowest BCUT2D eigenvalue weighted by molar-refractivity contribution is -0.122. The third-order valence-corrected chi connectivity index (χ3v) is 4.56. The molecule has 1 aromatic carbocycles. The maximum atomic E-state index is 12.6. The second-order valence-electron chi connectivity index (χ2n) is 4.87. The van der Waals surface area contributed by atoms with Crippen molar-refractivity contribution in [3.8, 4) is 0 Å². The molecule has 0 saturated heterocycles. The number of nitrogens with zero attached hydrogens (tertiary/aromatic N) is 1. The number of primary amides is 1. The van der Waals surface area contributed by atoms with Gasteiger partial charge in [-0.2, -0.15) is 0 Å². The summed E-state index contributed by atoms with van der Waals surface area (Å²) in [7, 11) is 0. The molecule has 1 atom stereocenters. The molecule has 0 radical (unpaired) electrons. The number of amides is 2. The molecule has 5 nitrogen and oxygen atoms in total. The maximum Gasteiger partial charge on any atom is 0.243 e. The van der Waals surface area contributed by atoms with Gasteiger partial charge < -0.3 is 10.6 Å². The fourth-order valence-electron chi connectivity index (χ4n) is 2.54. The molecule has 0 saturated carbocycles. The predicted molar refractivity (Wildman–Crippen MR) is 84.4 cm³/mol. The number of hydrogen-bond acceptors (Lipinski definition) is 4. The van der Waals surface area contributed by atoms with Crippen molar-refractivity contribution in [3.05, 3.63) is 51.2 Å². The van der Waals surface area contributed by atoms with Crippen LogP contribution in [0.4, 0.5) is 5.69 Å². The van der Waals surface area contributed by atoms with Crippen molar-refractivity contribution in [1.82, 2.24) is 0 Å². The van der Waals surface area contributed by atoms with E-state index in [1.807, 2.05) is 0 Å². The van der Waals surface area contributed by atoms with Gasteiger partial charge in [-0.25, -0.2) is 0 Å². The zero-order valence-electron chi connectivity index (χ0n) is 11.3. The number of ketones is 1. The summed E-state index contributed by atoms with van der Waals surface area (Å²) in [6.45, 7) is -0.262. The third-order valence-electron chi connectivity index (χ3n) is 3.44. The van der Waals surface area contributed by atoms with Gasteiger partial charge in [0, 0.05) is 10.7 Å². The number of rotatable bonds is 4. The van der Waals surface area contributed by atoms with Crippen LogP contribution in [0.1, 0.15) is 21.2 Å². The first-order valence-corrected chi connectivity index (χ1v) is 7.71. The van der Waals surface area contributed by atoms with Gasteiger partial charge in [0.25, 0.3) is 0 Å². The largest absolute Gasteiger partial charge is 0.368 e. The minimum absolute atomic E-state index is 0.262. The molecule has 2 N–H and O–H groups in total. The number of carbonyl (C=O) groups excluding carboxylic acids is 3. The van der Waals surface area contributed by atoms with E-state index in [4.69, 9.17) is 17.3 Å². The second-order valence-corrected chi connectivity index (χ2v) is 6.25. The van der Waals surface area contributed by atoms with E-state index >= 15 is 0 Å². The van der Waals surface area contributed by atoms with Gasteiger partial charge in [0.2, 0.25) is 11.8 Å². The number of hydrogen-bond donors (Lipinski definition) is 1. The summed E-state index contributed by atoms with van der Waals surface area (Å²) in [5.74, 6) is -2.37. The lowest BCUT2D eigenvalue weighted by Crippen LogP contribution is -2.38. The molecule has 1 unspecified atom stereocenters. The topological polar surface area (TPSA) is 80.5 Å². The molecular weight excluding hydrogens is 324 g/mol. The zero-order valence-corrected chi connectivity index (χ0v) is 12.9. The van der Waals surface area contributed by atoms with Crippen LogP contribution in [0, 0.1) is 0 Å². The highest BCUT2D eigenvalue weighted by molar-refractivity contribution is 7.12. The van der Waals surface area contributed by atoms with Crippen LogP contribution in [0.3, 0.4) is 0 Å². The molecule has 2 heterocycles. The first-order valence-electron chi connectivity index (χ1n) is 6.46. The number of fused-ring (bicyclic) bond motifs is 1. The van der Waals surface area contributed by atoms with Crippen LogP contribution in [0.25, 0.3) is 0 Å². The van der Waals surface area contributed by atoms with Crippen molar-refractivity contribution < 1.29 is 14.4 Å². The Hall–Kier alpha value is -2.18.